The number of rotatable bonds is 4. The number of anilines is 1. The molecule has 1 fully saturated rings. The fourth-order valence-electron chi connectivity index (χ4n) is 3.07. The second-order valence-electron chi connectivity index (χ2n) is 6.07. The van der Waals surface area contributed by atoms with Crippen molar-refractivity contribution in [3.05, 3.63) is 41.5 Å². The van der Waals surface area contributed by atoms with E-state index in [1.54, 1.807) is 0 Å². The Balaban J connectivity index is 1.71. The van der Waals surface area contributed by atoms with Crippen LogP contribution in [0.1, 0.15) is 55.1 Å². The first-order valence-corrected chi connectivity index (χ1v) is 7.93. The lowest BCUT2D eigenvalue weighted by Crippen LogP contribution is -2.15. The molecule has 21 heavy (non-hydrogen) atoms. The zero-order chi connectivity index (χ0) is 14.7. The zero-order valence-corrected chi connectivity index (χ0v) is 13.0. The molecule has 0 radical (unpaired) electrons. The lowest BCUT2D eigenvalue weighted by atomic mass is 9.95. The van der Waals surface area contributed by atoms with Gasteiger partial charge >= 0.3 is 0 Å². The Labute approximate surface area is 126 Å². The van der Waals surface area contributed by atoms with Gasteiger partial charge in [-0.3, -0.25) is 4.98 Å². The zero-order valence-electron chi connectivity index (χ0n) is 13.0. The molecule has 0 aliphatic heterocycles. The van der Waals surface area contributed by atoms with E-state index in [0.29, 0.717) is 6.04 Å². The highest BCUT2D eigenvalue weighted by atomic mass is 15.2. The van der Waals surface area contributed by atoms with Crippen LogP contribution in [0.15, 0.2) is 24.5 Å². The molecule has 0 unspecified atom stereocenters. The van der Waals surface area contributed by atoms with Gasteiger partial charge in [0, 0.05) is 30.7 Å². The van der Waals surface area contributed by atoms with Crippen LogP contribution in [-0.4, -0.2) is 14.5 Å². The Morgan fingerprint density at radius 3 is 2.67 bits per heavy atom. The Kier molecular flexibility index (Phi) is 4.23. The van der Waals surface area contributed by atoms with E-state index >= 15 is 0 Å². The van der Waals surface area contributed by atoms with E-state index in [0.717, 1.165) is 23.9 Å². The molecular weight excluding hydrogens is 260 g/mol. The van der Waals surface area contributed by atoms with Gasteiger partial charge in [0.05, 0.1) is 5.69 Å². The van der Waals surface area contributed by atoms with Gasteiger partial charge in [-0.2, -0.15) is 0 Å². The van der Waals surface area contributed by atoms with Crippen LogP contribution >= 0.6 is 0 Å². The summed E-state index contributed by atoms with van der Waals surface area (Å²) in [5.41, 5.74) is 3.33. The van der Waals surface area contributed by atoms with Crippen LogP contribution in [0.2, 0.25) is 0 Å². The van der Waals surface area contributed by atoms with Gasteiger partial charge in [0.25, 0.3) is 0 Å². The summed E-state index contributed by atoms with van der Waals surface area (Å²) in [6, 6.07) is 4.78. The van der Waals surface area contributed by atoms with E-state index in [1.807, 2.05) is 13.1 Å². The molecule has 0 aromatic carbocycles. The maximum atomic E-state index is 4.65. The first kappa shape index (κ1) is 14.1. The van der Waals surface area contributed by atoms with Crippen LogP contribution < -0.4 is 5.32 Å². The van der Waals surface area contributed by atoms with E-state index < -0.39 is 0 Å². The van der Waals surface area contributed by atoms with Crippen LogP contribution in [-0.2, 0) is 6.54 Å². The lowest BCUT2D eigenvalue weighted by molar-refractivity contribution is 0.355. The number of pyridine rings is 1. The maximum Gasteiger partial charge on any atom is 0.203 e. The predicted octanol–water partition coefficient (Wildman–Crippen LogP) is 4.01. The minimum atomic E-state index is 0.610. The molecule has 0 atom stereocenters. The van der Waals surface area contributed by atoms with Gasteiger partial charge in [0.1, 0.15) is 0 Å². The van der Waals surface area contributed by atoms with Crippen LogP contribution in [0.4, 0.5) is 5.95 Å². The van der Waals surface area contributed by atoms with Crippen molar-refractivity contribution in [2.75, 3.05) is 5.32 Å². The molecule has 3 rings (SSSR count). The third-order valence-corrected chi connectivity index (χ3v) is 4.24. The summed E-state index contributed by atoms with van der Waals surface area (Å²) in [5.74, 6) is 1.000. The monoisotopic (exact) mass is 284 g/mol. The highest BCUT2D eigenvalue weighted by Gasteiger charge is 2.18. The molecule has 0 saturated heterocycles. The lowest BCUT2D eigenvalue weighted by Gasteiger charge is -2.24. The van der Waals surface area contributed by atoms with Crippen LogP contribution in [0, 0.1) is 13.8 Å². The number of imidazole rings is 1. The third-order valence-electron chi connectivity index (χ3n) is 4.24. The highest BCUT2D eigenvalue weighted by molar-refractivity contribution is 5.31. The molecule has 2 heterocycles. The molecule has 2 aromatic heterocycles. The molecule has 0 amide bonds. The summed E-state index contributed by atoms with van der Waals surface area (Å²) in [4.78, 5) is 8.99. The molecule has 1 aliphatic rings. The number of aryl methyl sites for hydroxylation is 2. The Bertz CT molecular complexity index is 579. The molecule has 1 saturated carbocycles. The Morgan fingerprint density at radius 2 is 1.95 bits per heavy atom. The van der Waals surface area contributed by atoms with Crippen molar-refractivity contribution in [3.8, 4) is 0 Å². The molecule has 1 aliphatic carbocycles. The van der Waals surface area contributed by atoms with Gasteiger partial charge in [0.15, 0.2) is 0 Å². The highest BCUT2D eigenvalue weighted by Crippen LogP contribution is 2.30. The number of nitrogens with one attached hydrogen (secondary N) is 1. The third kappa shape index (κ3) is 3.43. The van der Waals surface area contributed by atoms with Gasteiger partial charge < -0.3 is 9.88 Å². The minimum absolute atomic E-state index is 0.610. The summed E-state index contributed by atoms with van der Waals surface area (Å²) in [6.45, 7) is 4.85. The molecule has 112 valence electrons. The number of nitrogens with zero attached hydrogens (tertiary/aromatic N) is 3. The normalized spacial score (nSPS) is 16.1. The van der Waals surface area contributed by atoms with Gasteiger partial charge in [-0.1, -0.05) is 25.3 Å². The van der Waals surface area contributed by atoms with Crippen molar-refractivity contribution in [1.82, 2.24) is 14.5 Å². The van der Waals surface area contributed by atoms with E-state index in [1.165, 1.54) is 37.7 Å². The van der Waals surface area contributed by atoms with Gasteiger partial charge in [0.2, 0.25) is 5.95 Å². The Hall–Kier alpha value is -1.84. The largest absolute Gasteiger partial charge is 0.352 e. The standard InChI is InChI=1S/C17H24N4/c1-13-8-9-15(10-18-13)11-19-17-20-14(2)12-21(17)16-6-4-3-5-7-16/h8-10,12,16H,3-7,11H2,1-2H3,(H,19,20). The molecule has 4 nitrogen and oxygen atoms in total. The van der Waals surface area contributed by atoms with Crippen molar-refractivity contribution in [1.29, 1.82) is 0 Å². The number of aromatic nitrogens is 3. The molecule has 1 N–H and O–H groups in total. The fraction of sp³-hybridized carbons (Fsp3) is 0.529. The SMILES string of the molecule is Cc1ccc(CNc2nc(C)cn2C2CCCCC2)cn1. The number of hydrogen-bond acceptors (Lipinski definition) is 3. The molecule has 0 bridgehead atoms. The number of hydrogen-bond donors (Lipinski definition) is 1. The Morgan fingerprint density at radius 1 is 1.14 bits per heavy atom. The summed E-state index contributed by atoms with van der Waals surface area (Å²) in [7, 11) is 0. The minimum Gasteiger partial charge on any atom is -0.352 e. The topological polar surface area (TPSA) is 42.7 Å². The van der Waals surface area contributed by atoms with Gasteiger partial charge in [-0.05, 0) is 38.3 Å². The van der Waals surface area contributed by atoms with Crippen LogP contribution in [0.3, 0.4) is 0 Å². The second-order valence-corrected chi connectivity index (χ2v) is 6.07. The van der Waals surface area contributed by atoms with Crippen molar-refractivity contribution in [2.45, 2.75) is 58.5 Å². The first-order chi connectivity index (χ1) is 10.2. The van der Waals surface area contributed by atoms with E-state index in [2.05, 4.69) is 45.1 Å². The van der Waals surface area contributed by atoms with Gasteiger partial charge in [-0.25, -0.2) is 4.98 Å². The fourth-order valence-corrected chi connectivity index (χ4v) is 3.07. The van der Waals surface area contributed by atoms with Crippen LogP contribution in [0.25, 0.3) is 0 Å². The first-order valence-electron chi connectivity index (χ1n) is 7.93. The van der Waals surface area contributed by atoms with Crippen molar-refractivity contribution < 1.29 is 0 Å². The van der Waals surface area contributed by atoms with Crippen molar-refractivity contribution >= 4 is 5.95 Å². The maximum absolute atomic E-state index is 4.65. The van der Waals surface area contributed by atoms with Gasteiger partial charge in [-0.15, -0.1) is 0 Å². The van der Waals surface area contributed by atoms with Crippen LogP contribution in [0.5, 0.6) is 0 Å². The smallest absolute Gasteiger partial charge is 0.203 e. The summed E-state index contributed by atoms with van der Waals surface area (Å²) in [5, 5.41) is 3.48. The molecule has 0 spiro atoms. The average Bonchev–Trinajstić information content (AvgIpc) is 2.89. The van der Waals surface area contributed by atoms with Crippen molar-refractivity contribution in [2.24, 2.45) is 0 Å². The molecule has 4 heteroatoms. The van der Waals surface area contributed by atoms with E-state index in [9.17, 15) is 0 Å². The molecule has 2 aromatic rings. The second kappa shape index (κ2) is 6.29. The average molecular weight is 284 g/mol. The van der Waals surface area contributed by atoms with E-state index in [4.69, 9.17) is 0 Å². The predicted molar refractivity (Wildman–Crippen MR) is 85.4 cm³/mol. The summed E-state index contributed by atoms with van der Waals surface area (Å²) in [6.07, 6.45) is 10.7. The van der Waals surface area contributed by atoms with Crippen molar-refractivity contribution in [3.63, 3.8) is 0 Å². The van der Waals surface area contributed by atoms with E-state index in [-0.39, 0.29) is 0 Å². The summed E-state index contributed by atoms with van der Waals surface area (Å²) >= 11 is 0. The summed E-state index contributed by atoms with van der Waals surface area (Å²) < 4.78 is 2.34. The molecular formula is C17H24N4. The quantitative estimate of drug-likeness (QED) is 0.922.